The summed E-state index contributed by atoms with van der Waals surface area (Å²) in [6, 6.07) is 9.52. The second-order valence-electron chi connectivity index (χ2n) is 7.39. The zero-order valence-electron chi connectivity index (χ0n) is 15.5. The van der Waals surface area contributed by atoms with Crippen LogP contribution < -0.4 is 10.6 Å². The van der Waals surface area contributed by atoms with E-state index in [0.717, 1.165) is 31.6 Å². The van der Waals surface area contributed by atoms with E-state index < -0.39 is 5.41 Å². The molecule has 1 aromatic rings. The molecule has 3 rings (SSSR count). The Labute approximate surface area is 155 Å². The molecule has 142 valence electrons. The summed E-state index contributed by atoms with van der Waals surface area (Å²) in [7, 11) is 1.66. The van der Waals surface area contributed by atoms with Gasteiger partial charge in [0.2, 0.25) is 11.8 Å². The highest BCUT2D eigenvalue weighted by atomic mass is 16.5. The van der Waals surface area contributed by atoms with Gasteiger partial charge in [-0.3, -0.25) is 9.59 Å². The number of ether oxygens (including phenoxy) is 1. The third kappa shape index (κ3) is 4.24. The van der Waals surface area contributed by atoms with Gasteiger partial charge in [0.15, 0.2) is 0 Å². The molecule has 0 bridgehead atoms. The lowest BCUT2D eigenvalue weighted by Gasteiger charge is -2.41. The van der Waals surface area contributed by atoms with E-state index in [9.17, 15) is 9.59 Å². The van der Waals surface area contributed by atoms with Crippen molar-refractivity contribution in [2.24, 2.45) is 11.3 Å². The molecule has 0 aliphatic carbocycles. The zero-order valence-corrected chi connectivity index (χ0v) is 15.5. The van der Waals surface area contributed by atoms with E-state index >= 15 is 0 Å². The predicted molar refractivity (Wildman–Crippen MR) is 101 cm³/mol. The maximum absolute atomic E-state index is 13.2. The maximum atomic E-state index is 13.2. The van der Waals surface area contributed by atoms with Crippen LogP contribution in [0.25, 0.3) is 0 Å². The molecule has 0 radical (unpaired) electrons. The number of rotatable bonds is 5. The second kappa shape index (κ2) is 8.64. The number of methoxy groups -OCH3 is 1. The van der Waals surface area contributed by atoms with Gasteiger partial charge in [-0.2, -0.15) is 0 Å². The van der Waals surface area contributed by atoms with E-state index in [1.165, 1.54) is 0 Å². The van der Waals surface area contributed by atoms with Crippen LogP contribution in [0.2, 0.25) is 0 Å². The van der Waals surface area contributed by atoms with Crippen LogP contribution in [0.3, 0.4) is 0 Å². The maximum Gasteiger partial charge on any atom is 0.231 e. The van der Waals surface area contributed by atoms with Crippen molar-refractivity contribution in [3.8, 4) is 0 Å². The second-order valence-corrected chi connectivity index (χ2v) is 7.39. The molecular formula is C20H29N3O3. The number of hydrogen-bond acceptors (Lipinski definition) is 4. The van der Waals surface area contributed by atoms with Crippen molar-refractivity contribution >= 4 is 17.5 Å². The van der Waals surface area contributed by atoms with Gasteiger partial charge in [-0.25, -0.2) is 0 Å². The molecule has 2 saturated heterocycles. The molecule has 2 heterocycles. The lowest BCUT2D eigenvalue weighted by molar-refractivity contribution is -0.149. The van der Waals surface area contributed by atoms with Gasteiger partial charge in [0, 0.05) is 31.8 Å². The minimum atomic E-state index is -0.404. The van der Waals surface area contributed by atoms with E-state index in [1.807, 2.05) is 35.2 Å². The summed E-state index contributed by atoms with van der Waals surface area (Å²) < 4.78 is 5.38. The number of benzene rings is 1. The lowest BCUT2D eigenvalue weighted by Crippen LogP contribution is -2.53. The first-order valence-electron chi connectivity index (χ1n) is 9.49. The predicted octanol–water partition coefficient (Wildman–Crippen LogP) is 1.88. The topological polar surface area (TPSA) is 70.7 Å². The Balaban J connectivity index is 1.55. The number of nitrogens with zero attached hydrogens (tertiary/aromatic N) is 1. The van der Waals surface area contributed by atoms with E-state index in [4.69, 9.17) is 4.74 Å². The molecule has 2 fully saturated rings. The molecule has 26 heavy (non-hydrogen) atoms. The third-order valence-electron chi connectivity index (χ3n) is 5.63. The fraction of sp³-hybridized carbons (Fsp3) is 0.600. The van der Waals surface area contributed by atoms with Crippen molar-refractivity contribution in [1.82, 2.24) is 10.2 Å². The molecule has 0 aromatic heterocycles. The normalized spacial score (nSPS) is 20.6. The molecule has 0 spiro atoms. The van der Waals surface area contributed by atoms with Crippen LogP contribution >= 0.6 is 0 Å². The van der Waals surface area contributed by atoms with Crippen LogP contribution in [-0.2, 0) is 14.3 Å². The Morgan fingerprint density at radius 2 is 1.85 bits per heavy atom. The van der Waals surface area contributed by atoms with Gasteiger partial charge < -0.3 is 20.3 Å². The Kier molecular flexibility index (Phi) is 6.27. The minimum absolute atomic E-state index is 0.0364. The third-order valence-corrected chi connectivity index (χ3v) is 5.63. The number of amides is 2. The van der Waals surface area contributed by atoms with Crippen molar-refractivity contribution in [2.75, 3.05) is 45.2 Å². The molecule has 2 N–H and O–H groups in total. The fourth-order valence-corrected chi connectivity index (χ4v) is 4.05. The molecule has 0 atom stereocenters. The number of hydrogen-bond donors (Lipinski definition) is 2. The van der Waals surface area contributed by atoms with Gasteiger partial charge in [-0.05, 0) is 50.9 Å². The van der Waals surface area contributed by atoms with Crippen molar-refractivity contribution in [3.63, 3.8) is 0 Å². The average molecular weight is 359 g/mol. The summed E-state index contributed by atoms with van der Waals surface area (Å²) in [4.78, 5) is 27.6. The van der Waals surface area contributed by atoms with Crippen molar-refractivity contribution < 1.29 is 14.3 Å². The molecule has 6 nitrogen and oxygen atoms in total. The molecule has 1 aromatic carbocycles. The van der Waals surface area contributed by atoms with Crippen LogP contribution in [0.1, 0.15) is 25.7 Å². The van der Waals surface area contributed by atoms with E-state index in [-0.39, 0.29) is 17.7 Å². The number of anilines is 1. The quantitative estimate of drug-likeness (QED) is 0.842. The largest absolute Gasteiger partial charge is 0.384 e. The van der Waals surface area contributed by atoms with Crippen LogP contribution in [0.15, 0.2) is 30.3 Å². The first-order valence-corrected chi connectivity index (χ1v) is 9.49. The summed E-state index contributed by atoms with van der Waals surface area (Å²) in [5, 5.41) is 6.30. The Bertz CT molecular complexity index is 600. The van der Waals surface area contributed by atoms with E-state index in [0.29, 0.717) is 32.5 Å². The van der Waals surface area contributed by atoms with E-state index in [1.54, 1.807) is 7.11 Å². The van der Waals surface area contributed by atoms with Crippen molar-refractivity contribution in [1.29, 1.82) is 0 Å². The summed E-state index contributed by atoms with van der Waals surface area (Å²) in [6.45, 7) is 3.47. The summed E-state index contributed by atoms with van der Waals surface area (Å²) in [5.74, 6) is 0.213. The summed E-state index contributed by atoms with van der Waals surface area (Å²) in [6.07, 6.45) is 3.06. The SMILES string of the molecule is COCC1(C(=O)N2CCC(C(=O)Nc3ccccc3)CC2)CCNCC1. The van der Waals surface area contributed by atoms with Gasteiger partial charge in [0.1, 0.15) is 0 Å². The smallest absolute Gasteiger partial charge is 0.231 e. The summed E-state index contributed by atoms with van der Waals surface area (Å²) in [5.41, 5.74) is 0.420. The zero-order chi connectivity index (χ0) is 18.4. The van der Waals surface area contributed by atoms with Crippen LogP contribution in [0, 0.1) is 11.3 Å². The Morgan fingerprint density at radius 3 is 2.46 bits per heavy atom. The minimum Gasteiger partial charge on any atom is -0.384 e. The van der Waals surface area contributed by atoms with E-state index in [2.05, 4.69) is 10.6 Å². The van der Waals surface area contributed by atoms with Crippen LogP contribution in [0.4, 0.5) is 5.69 Å². The highest BCUT2D eigenvalue weighted by molar-refractivity contribution is 5.92. The first-order chi connectivity index (χ1) is 12.6. The van der Waals surface area contributed by atoms with Crippen LogP contribution in [0.5, 0.6) is 0 Å². The first kappa shape index (κ1) is 18.9. The lowest BCUT2D eigenvalue weighted by atomic mass is 9.77. The number of likely N-dealkylation sites (tertiary alicyclic amines) is 1. The molecular weight excluding hydrogens is 330 g/mol. The molecule has 0 unspecified atom stereocenters. The number of nitrogens with one attached hydrogen (secondary N) is 2. The van der Waals surface area contributed by atoms with Gasteiger partial charge >= 0.3 is 0 Å². The van der Waals surface area contributed by atoms with Gasteiger partial charge in [-0.15, -0.1) is 0 Å². The number of piperidine rings is 2. The number of carbonyl (C=O) groups is 2. The molecule has 6 heteroatoms. The van der Waals surface area contributed by atoms with Crippen molar-refractivity contribution in [2.45, 2.75) is 25.7 Å². The van der Waals surface area contributed by atoms with Crippen molar-refractivity contribution in [3.05, 3.63) is 30.3 Å². The monoisotopic (exact) mass is 359 g/mol. The van der Waals surface area contributed by atoms with Gasteiger partial charge in [0.05, 0.1) is 12.0 Å². The highest BCUT2D eigenvalue weighted by Crippen LogP contribution is 2.33. The standard InChI is InChI=1S/C20H29N3O3/c1-26-15-20(9-11-21-12-10-20)19(25)23-13-7-16(8-14-23)18(24)22-17-5-3-2-4-6-17/h2-6,16,21H,7-15H2,1H3,(H,22,24). The highest BCUT2D eigenvalue weighted by Gasteiger charge is 2.43. The average Bonchev–Trinajstić information content (AvgIpc) is 2.69. The number of carbonyl (C=O) groups excluding carboxylic acids is 2. The summed E-state index contributed by atoms with van der Waals surface area (Å²) >= 11 is 0. The Morgan fingerprint density at radius 1 is 1.19 bits per heavy atom. The van der Waals surface area contributed by atoms with Crippen LogP contribution in [-0.4, -0.2) is 56.6 Å². The number of para-hydroxylation sites is 1. The fourth-order valence-electron chi connectivity index (χ4n) is 4.05. The molecule has 2 aliphatic heterocycles. The van der Waals surface area contributed by atoms with Gasteiger partial charge in [-0.1, -0.05) is 18.2 Å². The molecule has 2 amide bonds. The Hall–Kier alpha value is -1.92. The molecule has 0 saturated carbocycles. The molecule has 2 aliphatic rings. The van der Waals surface area contributed by atoms with Gasteiger partial charge in [0.25, 0.3) is 0 Å².